The van der Waals surface area contributed by atoms with Gasteiger partial charge in [0.25, 0.3) is 11.8 Å². The van der Waals surface area contributed by atoms with Gasteiger partial charge < -0.3 is 5.32 Å². The molecule has 0 spiro atoms. The number of halogens is 4. The second kappa shape index (κ2) is 12.6. The SMILES string of the molecule is CCN1C(C(C)(C)C)C(C)=C(C(=O)Nc2ccc(Cl)cc2-c2ccc(C(F)(P)P)nc2)C(=O)N1Cc1cccc(F)c1F. The molecule has 43 heavy (non-hydrogen) atoms. The van der Waals surface area contributed by atoms with Gasteiger partial charge in [0, 0.05) is 40.1 Å². The molecule has 1 aliphatic rings. The van der Waals surface area contributed by atoms with Crippen molar-refractivity contribution in [2.75, 3.05) is 11.9 Å². The minimum Gasteiger partial charge on any atom is -0.321 e. The van der Waals surface area contributed by atoms with Crippen molar-refractivity contribution in [2.45, 2.75) is 52.4 Å². The Balaban J connectivity index is 1.77. The molecule has 4 rings (SSSR count). The Morgan fingerprint density at radius 1 is 1.12 bits per heavy atom. The summed E-state index contributed by atoms with van der Waals surface area (Å²) in [4.78, 5) is 32.2. The number of aromatic nitrogens is 1. The maximum Gasteiger partial charge on any atom is 0.274 e. The molecule has 0 fully saturated rings. The van der Waals surface area contributed by atoms with Gasteiger partial charge in [-0.2, -0.15) is 0 Å². The van der Waals surface area contributed by atoms with Crippen LogP contribution in [-0.4, -0.2) is 39.4 Å². The van der Waals surface area contributed by atoms with Gasteiger partial charge in [-0.15, -0.1) is 0 Å². The number of carbonyl (C=O) groups excluding carboxylic acids is 2. The molecule has 0 aliphatic carbocycles. The molecule has 12 heteroatoms. The largest absolute Gasteiger partial charge is 0.321 e. The highest BCUT2D eigenvalue weighted by Gasteiger charge is 2.45. The number of nitrogens with one attached hydrogen (secondary N) is 1. The first-order valence-corrected chi connectivity index (χ1v) is 15.1. The molecule has 228 valence electrons. The van der Waals surface area contributed by atoms with Gasteiger partial charge >= 0.3 is 0 Å². The predicted octanol–water partition coefficient (Wildman–Crippen LogP) is 7.46. The monoisotopic (exact) mass is 648 g/mol. The van der Waals surface area contributed by atoms with Gasteiger partial charge in [0.05, 0.1) is 18.3 Å². The second-order valence-corrected chi connectivity index (χ2v) is 14.3. The molecule has 3 unspecified atom stereocenters. The fraction of sp³-hybridized carbons (Fsp3) is 0.323. The third-order valence-electron chi connectivity index (χ3n) is 7.28. The van der Waals surface area contributed by atoms with Crippen molar-refractivity contribution in [3.05, 3.63) is 93.8 Å². The number of carbonyl (C=O) groups is 2. The van der Waals surface area contributed by atoms with Gasteiger partial charge in [0.1, 0.15) is 5.57 Å². The Kier molecular flexibility index (Phi) is 9.73. The van der Waals surface area contributed by atoms with E-state index in [1.165, 1.54) is 29.4 Å². The third kappa shape index (κ3) is 6.96. The van der Waals surface area contributed by atoms with Gasteiger partial charge in [0.15, 0.2) is 16.8 Å². The summed E-state index contributed by atoms with van der Waals surface area (Å²) in [6.07, 6.45) is 1.47. The molecule has 2 heterocycles. The Morgan fingerprint density at radius 2 is 1.81 bits per heavy atom. The molecule has 1 N–H and O–H groups in total. The van der Waals surface area contributed by atoms with Gasteiger partial charge in [-0.1, -0.05) is 76.0 Å². The number of hydrogen-bond acceptors (Lipinski definition) is 4. The van der Waals surface area contributed by atoms with Crippen LogP contribution in [-0.2, 0) is 21.3 Å². The molecule has 2 amide bonds. The highest BCUT2D eigenvalue weighted by atomic mass is 35.5. The Labute approximate surface area is 259 Å². The fourth-order valence-electron chi connectivity index (χ4n) is 5.46. The summed E-state index contributed by atoms with van der Waals surface area (Å²) in [5.74, 6) is -3.37. The van der Waals surface area contributed by atoms with Crippen molar-refractivity contribution >= 4 is 47.6 Å². The van der Waals surface area contributed by atoms with E-state index in [1.807, 2.05) is 27.7 Å². The van der Waals surface area contributed by atoms with Crippen molar-refractivity contribution < 1.29 is 22.8 Å². The summed E-state index contributed by atoms with van der Waals surface area (Å²) < 4.78 is 43.1. The van der Waals surface area contributed by atoms with Crippen molar-refractivity contribution in [3.8, 4) is 11.1 Å². The van der Waals surface area contributed by atoms with E-state index in [4.69, 9.17) is 11.6 Å². The van der Waals surface area contributed by atoms with E-state index in [0.717, 1.165) is 6.07 Å². The highest BCUT2D eigenvalue weighted by molar-refractivity contribution is 7.38. The van der Waals surface area contributed by atoms with Gasteiger partial charge in [0.2, 0.25) is 0 Å². The Morgan fingerprint density at radius 3 is 2.40 bits per heavy atom. The molecule has 3 aromatic rings. The molecular formula is C31H34ClF3N4O2P2. The first-order chi connectivity index (χ1) is 20.0. The number of nitrogens with zero attached hydrogens (tertiary/aromatic N) is 3. The zero-order chi connectivity index (χ0) is 31.9. The van der Waals surface area contributed by atoms with E-state index in [1.54, 1.807) is 36.2 Å². The molecule has 2 aromatic carbocycles. The smallest absolute Gasteiger partial charge is 0.274 e. The van der Waals surface area contributed by atoms with Crippen molar-refractivity contribution in [3.63, 3.8) is 0 Å². The van der Waals surface area contributed by atoms with E-state index >= 15 is 0 Å². The molecule has 0 saturated carbocycles. The van der Waals surface area contributed by atoms with E-state index in [9.17, 15) is 22.8 Å². The summed E-state index contributed by atoms with van der Waals surface area (Å²) in [5, 5.41) is 4.56. The standard InChI is InChI=1S/C31H34ClF3N4O2P2/c1-6-38-27(30(3,4)5)17(2)25(29(41)39(38)16-19-8-7-9-22(33)26(19)34)28(40)37-23-12-11-20(32)14-21(23)18-10-13-24(36-15-18)31(35,42)43/h7-15,27H,6,16,42-43H2,1-5H3,(H,37,40). The van der Waals surface area contributed by atoms with Gasteiger partial charge in [-0.25, -0.2) is 18.2 Å². The molecular weight excluding hydrogens is 615 g/mol. The lowest BCUT2D eigenvalue weighted by atomic mass is 9.79. The fourth-order valence-corrected chi connectivity index (χ4v) is 5.98. The molecule has 0 saturated heterocycles. The number of alkyl halides is 1. The predicted molar refractivity (Wildman–Crippen MR) is 171 cm³/mol. The lowest BCUT2D eigenvalue weighted by Gasteiger charge is -2.49. The lowest BCUT2D eigenvalue weighted by Crippen LogP contribution is -2.60. The average Bonchev–Trinajstić information content (AvgIpc) is 2.92. The third-order valence-corrected chi connectivity index (χ3v) is 8.11. The normalized spacial score (nSPS) is 16.6. The van der Waals surface area contributed by atoms with Crippen LogP contribution in [0.1, 0.15) is 45.9 Å². The van der Waals surface area contributed by atoms with Crippen LogP contribution in [0, 0.1) is 17.0 Å². The van der Waals surface area contributed by atoms with Crippen molar-refractivity contribution in [1.82, 2.24) is 15.0 Å². The number of hydrogen-bond donors (Lipinski definition) is 1. The van der Waals surface area contributed by atoms with E-state index in [0.29, 0.717) is 34.0 Å². The summed E-state index contributed by atoms with van der Waals surface area (Å²) in [5.41, 5.74) is 1.62. The van der Waals surface area contributed by atoms with E-state index < -0.39 is 40.1 Å². The summed E-state index contributed by atoms with van der Waals surface area (Å²) in [6, 6.07) is 11.4. The number of pyridine rings is 1. The number of likely N-dealkylation sites (N-methyl/N-ethyl adjacent to an activating group) is 1. The summed E-state index contributed by atoms with van der Waals surface area (Å²) in [7, 11) is 4.12. The van der Waals surface area contributed by atoms with Crippen LogP contribution in [0.25, 0.3) is 11.1 Å². The summed E-state index contributed by atoms with van der Waals surface area (Å²) in [6.45, 7) is 9.68. The minimum absolute atomic E-state index is 0.0111. The zero-order valence-corrected chi connectivity index (χ0v) is 27.6. The quantitative estimate of drug-likeness (QED) is 0.213. The average molecular weight is 649 g/mol. The van der Waals surface area contributed by atoms with Crippen LogP contribution < -0.4 is 5.32 Å². The Bertz CT molecular complexity index is 1590. The Hall–Kier alpha value is -2.83. The minimum atomic E-state index is -1.80. The van der Waals surface area contributed by atoms with Crippen LogP contribution in [0.5, 0.6) is 0 Å². The lowest BCUT2D eigenvalue weighted by molar-refractivity contribution is -0.158. The topological polar surface area (TPSA) is 65.5 Å². The van der Waals surface area contributed by atoms with Crippen LogP contribution >= 0.6 is 30.1 Å². The van der Waals surface area contributed by atoms with Gasteiger partial charge in [-0.05, 0) is 48.2 Å². The number of anilines is 1. The molecule has 0 radical (unpaired) electrons. The summed E-state index contributed by atoms with van der Waals surface area (Å²) >= 11 is 6.29. The molecule has 0 bridgehead atoms. The molecule has 1 aliphatic heterocycles. The maximum absolute atomic E-state index is 14.7. The maximum atomic E-state index is 14.7. The molecule has 6 nitrogen and oxygen atoms in total. The first-order valence-electron chi connectivity index (χ1n) is 13.6. The van der Waals surface area contributed by atoms with Crippen LogP contribution in [0.2, 0.25) is 5.02 Å². The second-order valence-electron chi connectivity index (χ2n) is 11.5. The highest BCUT2D eigenvalue weighted by Crippen LogP contribution is 2.41. The number of benzene rings is 2. The molecule has 1 aromatic heterocycles. The zero-order valence-electron chi connectivity index (χ0n) is 24.5. The number of rotatable bonds is 7. The number of amides is 2. The van der Waals surface area contributed by atoms with Crippen molar-refractivity contribution in [1.29, 1.82) is 0 Å². The number of hydrazine groups is 1. The van der Waals surface area contributed by atoms with Crippen molar-refractivity contribution in [2.24, 2.45) is 5.41 Å². The van der Waals surface area contributed by atoms with E-state index in [-0.39, 0.29) is 23.4 Å². The van der Waals surface area contributed by atoms with Crippen LogP contribution in [0.3, 0.4) is 0 Å². The van der Waals surface area contributed by atoms with E-state index in [2.05, 4.69) is 28.8 Å². The van der Waals surface area contributed by atoms with Gasteiger partial charge in [-0.3, -0.25) is 19.6 Å². The van der Waals surface area contributed by atoms with Crippen LogP contribution in [0.4, 0.5) is 18.9 Å². The molecule has 3 atom stereocenters. The van der Waals surface area contributed by atoms with Crippen LogP contribution in [0.15, 0.2) is 65.9 Å². The first kappa shape index (κ1) is 33.1.